The van der Waals surface area contributed by atoms with Crippen molar-refractivity contribution in [1.29, 1.82) is 5.26 Å². The molecule has 2 aromatic carbocycles. The minimum Gasteiger partial charge on any atom is -0.492 e. The summed E-state index contributed by atoms with van der Waals surface area (Å²) in [5.74, 6) is -0.309. The second kappa shape index (κ2) is 5.87. The Bertz CT molecular complexity index is 620. The monoisotopic (exact) mass is 256 g/mol. The van der Waals surface area contributed by atoms with Crippen LogP contribution in [0.15, 0.2) is 42.5 Å². The summed E-state index contributed by atoms with van der Waals surface area (Å²) in [6.45, 7) is 0.340. The highest BCUT2D eigenvalue weighted by molar-refractivity contribution is 5.47. The Morgan fingerprint density at radius 1 is 1.16 bits per heavy atom. The van der Waals surface area contributed by atoms with Gasteiger partial charge in [-0.1, -0.05) is 24.3 Å². The highest BCUT2D eigenvalue weighted by Crippen LogP contribution is 2.21. The van der Waals surface area contributed by atoms with E-state index in [1.165, 1.54) is 12.1 Å². The predicted molar refractivity (Wildman–Crippen MR) is 71.2 cm³/mol. The fourth-order valence-electron chi connectivity index (χ4n) is 1.77. The molecule has 0 saturated heterocycles. The fourth-order valence-corrected chi connectivity index (χ4v) is 1.77. The van der Waals surface area contributed by atoms with Crippen molar-refractivity contribution < 1.29 is 9.13 Å². The van der Waals surface area contributed by atoms with Crippen LogP contribution < -0.4 is 10.5 Å². The van der Waals surface area contributed by atoms with Gasteiger partial charge in [0, 0.05) is 12.1 Å². The molecule has 0 heterocycles. The SMILES string of the molecule is N#Cc1c(F)cccc1OCCc1ccccc1N. The van der Waals surface area contributed by atoms with Gasteiger partial charge in [0.25, 0.3) is 0 Å². The maximum atomic E-state index is 13.3. The van der Waals surface area contributed by atoms with Crippen LogP contribution in [-0.2, 0) is 6.42 Å². The molecule has 0 unspecified atom stereocenters. The molecule has 0 atom stereocenters. The van der Waals surface area contributed by atoms with Crippen molar-refractivity contribution in [2.45, 2.75) is 6.42 Å². The van der Waals surface area contributed by atoms with Crippen LogP contribution in [0, 0.1) is 17.1 Å². The van der Waals surface area contributed by atoms with Gasteiger partial charge in [-0.05, 0) is 23.8 Å². The van der Waals surface area contributed by atoms with Crippen LogP contribution in [0.5, 0.6) is 5.75 Å². The minimum absolute atomic E-state index is 0.0662. The normalized spacial score (nSPS) is 9.89. The summed E-state index contributed by atoms with van der Waals surface area (Å²) >= 11 is 0. The van der Waals surface area contributed by atoms with E-state index in [4.69, 9.17) is 15.7 Å². The van der Waals surface area contributed by atoms with Crippen molar-refractivity contribution in [3.8, 4) is 11.8 Å². The highest BCUT2D eigenvalue weighted by atomic mass is 19.1. The molecule has 2 rings (SSSR count). The molecule has 0 radical (unpaired) electrons. The molecule has 2 N–H and O–H groups in total. The van der Waals surface area contributed by atoms with E-state index in [-0.39, 0.29) is 11.3 Å². The largest absolute Gasteiger partial charge is 0.492 e. The first-order chi connectivity index (χ1) is 9.22. The quantitative estimate of drug-likeness (QED) is 0.856. The summed E-state index contributed by atoms with van der Waals surface area (Å²) < 4.78 is 18.8. The molecule has 0 aliphatic heterocycles. The number of para-hydroxylation sites is 1. The molecule has 3 nitrogen and oxygen atoms in total. The third-order valence-corrected chi connectivity index (χ3v) is 2.77. The lowest BCUT2D eigenvalue weighted by molar-refractivity contribution is 0.319. The van der Waals surface area contributed by atoms with E-state index in [1.807, 2.05) is 24.3 Å². The maximum absolute atomic E-state index is 13.3. The van der Waals surface area contributed by atoms with Crippen molar-refractivity contribution >= 4 is 5.69 Å². The average molecular weight is 256 g/mol. The van der Waals surface area contributed by atoms with Crippen LogP contribution >= 0.6 is 0 Å². The molecule has 0 amide bonds. The van der Waals surface area contributed by atoms with Crippen LogP contribution in [0.3, 0.4) is 0 Å². The summed E-state index contributed by atoms with van der Waals surface area (Å²) in [5, 5.41) is 8.87. The van der Waals surface area contributed by atoms with E-state index >= 15 is 0 Å². The van der Waals surface area contributed by atoms with E-state index in [2.05, 4.69) is 0 Å². The zero-order valence-electron chi connectivity index (χ0n) is 10.3. The lowest BCUT2D eigenvalue weighted by atomic mass is 10.1. The number of hydrogen-bond acceptors (Lipinski definition) is 3. The molecule has 96 valence electrons. The fraction of sp³-hybridized carbons (Fsp3) is 0.133. The van der Waals surface area contributed by atoms with Crippen LogP contribution in [0.25, 0.3) is 0 Å². The Morgan fingerprint density at radius 2 is 1.95 bits per heavy atom. The van der Waals surface area contributed by atoms with Gasteiger partial charge in [0.15, 0.2) is 0 Å². The van der Waals surface area contributed by atoms with Crippen LogP contribution in [0.4, 0.5) is 10.1 Å². The first-order valence-electron chi connectivity index (χ1n) is 5.87. The van der Waals surface area contributed by atoms with E-state index in [1.54, 1.807) is 12.1 Å². The van der Waals surface area contributed by atoms with Gasteiger partial charge < -0.3 is 10.5 Å². The topological polar surface area (TPSA) is 59.0 Å². The predicted octanol–water partition coefficient (Wildman–Crippen LogP) is 2.90. The number of hydrogen-bond donors (Lipinski definition) is 1. The molecule has 0 aliphatic carbocycles. The molecular weight excluding hydrogens is 243 g/mol. The van der Waals surface area contributed by atoms with Gasteiger partial charge in [0.05, 0.1) is 6.61 Å². The number of rotatable bonds is 4. The van der Waals surface area contributed by atoms with Crippen molar-refractivity contribution in [1.82, 2.24) is 0 Å². The number of nitrogens with two attached hydrogens (primary N) is 1. The highest BCUT2D eigenvalue weighted by Gasteiger charge is 2.08. The zero-order chi connectivity index (χ0) is 13.7. The molecule has 0 aliphatic rings. The van der Waals surface area contributed by atoms with Crippen LogP contribution in [0.1, 0.15) is 11.1 Å². The summed E-state index contributed by atoms with van der Waals surface area (Å²) in [5.41, 5.74) is 7.42. The van der Waals surface area contributed by atoms with Gasteiger partial charge in [0.1, 0.15) is 23.2 Å². The standard InChI is InChI=1S/C15H13FN2O/c16-13-5-3-7-15(12(13)10-17)19-9-8-11-4-1-2-6-14(11)18/h1-7H,8-9,18H2. The zero-order valence-corrected chi connectivity index (χ0v) is 10.3. The van der Waals surface area contributed by atoms with E-state index in [9.17, 15) is 4.39 Å². The first-order valence-corrected chi connectivity index (χ1v) is 5.87. The Labute approximate surface area is 111 Å². The number of ether oxygens (including phenoxy) is 1. The van der Waals surface area contributed by atoms with Gasteiger partial charge in [0.2, 0.25) is 0 Å². The van der Waals surface area contributed by atoms with E-state index < -0.39 is 5.82 Å². The number of halogens is 1. The molecule has 0 fully saturated rings. The third-order valence-electron chi connectivity index (χ3n) is 2.77. The first kappa shape index (κ1) is 12.9. The number of nitrogen functional groups attached to an aromatic ring is 1. The van der Waals surface area contributed by atoms with Gasteiger partial charge in [-0.3, -0.25) is 0 Å². The number of nitrogens with zero attached hydrogens (tertiary/aromatic N) is 1. The Kier molecular flexibility index (Phi) is 3.99. The molecule has 0 saturated carbocycles. The molecule has 4 heteroatoms. The molecular formula is C15H13FN2O. The van der Waals surface area contributed by atoms with Crippen molar-refractivity contribution in [2.75, 3.05) is 12.3 Å². The molecule has 0 spiro atoms. The smallest absolute Gasteiger partial charge is 0.144 e. The van der Waals surface area contributed by atoms with Crippen molar-refractivity contribution in [2.24, 2.45) is 0 Å². The van der Waals surface area contributed by atoms with Crippen LogP contribution in [-0.4, -0.2) is 6.61 Å². The minimum atomic E-state index is -0.570. The van der Waals surface area contributed by atoms with Gasteiger partial charge in [-0.25, -0.2) is 4.39 Å². The Hall–Kier alpha value is -2.54. The molecule has 0 bridgehead atoms. The number of nitriles is 1. The maximum Gasteiger partial charge on any atom is 0.144 e. The van der Waals surface area contributed by atoms with E-state index in [0.717, 1.165) is 5.56 Å². The third kappa shape index (κ3) is 3.02. The van der Waals surface area contributed by atoms with Crippen LogP contribution in [0.2, 0.25) is 0 Å². The Morgan fingerprint density at radius 3 is 2.68 bits per heavy atom. The number of anilines is 1. The second-order valence-electron chi connectivity index (χ2n) is 4.02. The van der Waals surface area contributed by atoms with E-state index in [0.29, 0.717) is 18.7 Å². The molecule has 0 aromatic heterocycles. The van der Waals surface area contributed by atoms with Crippen molar-refractivity contribution in [3.05, 3.63) is 59.4 Å². The second-order valence-corrected chi connectivity index (χ2v) is 4.02. The van der Waals surface area contributed by atoms with Gasteiger partial charge in [-0.2, -0.15) is 5.26 Å². The van der Waals surface area contributed by atoms with Gasteiger partial charge in [-0.15, -0.1) is 0 Å². The average Bonchev–Trinajstić information content (AvgIpc) is 2.41. The summed E-state index contributed by atoms with van der Waals surface area (Å²) in [7, 11) is 0. The summed E-state index contributed by atoms with van der Waals surface area (Å²) in [6, 6.07) is 13.6. The summed E-state index contributed by atoms with van der Waals surface area (Å²) in [4.78, 5) is 0. The molecule has 19 heavy (non-hydrogen) atoms. The molecule has 2 aromatic rings. The lowest BCUT2D eigenvalue weighted by Crippen LogP contribution is -2.05. The lowest BCUT2D eigenvalue weighted by Gasteiger charge is -2.09. The Balaban J connectivity index is 2.03. The summed E-state index contributed by atoms with van der Waals surface area (Å²) in [6.07, 6.45) is 0.605. The number of benzene rings is 2. The van der Waals surface area contributed by atoms with Crippen molar-refractivity contribution in [3.63, 3.8) is 0 Å². The van der Waals surface area contributed by atoms with Gasteiger partial charge >= 0.3 is 0 Å².